The molecule has 1 aliphatic rings. The molecule has 0 saturated heterocycles. The number of nitrogens with one attached hydrogen (secondary N) is 1. The lowest BCUT2D eigenvalue weighted by Crippen LogP contribution is -2.51. The number of carbonyl (C=O) groups is 1. The van der Waals surface area contributed by atoms with Crippen LogP contribution in [0, 0.1) is 20.8 Å². The summed E-state index contributed by atoms with van der Waals surface area (Å²) in [5, 5.41) is 3.14. The lowest BCUT2D eigenvalue weighted by atomic mass is 10.1. The van der Waals surface area contributed by atoms with Gasteiger partial charge in [-0.25, -0.2) is 8.42 Å². The van der Waals surface area contributed by atoms with Gasteiger partial charge in [-0.15, -0.1) is 0 Å². The zero-order valence-corrected chi connectivity index (χ0v) is 21.3. The second-order valence-electron chi connectivity index (χ2n) is 8.53. The van der Waals surface area contributed by atoms with Crippen molar-refractivity contribution >= 4 is 33.2 Å². The third kappa shape index (κ3) is 5.71. The Bertz CT molecular complexity index is 1320. The zero-order chi connectivity index (χ0) is 25.2. The highest BCUT2D eigenvalue weighted by Gasteiger charge is 2.37. The molecule has 184 valence electrons. The smallest absolute Gasteiger partial charge is 0.264 e. The predicted octanol–water partition coefficient (Wildman–Crippen LogP) is 4.42. The number of aryl methyl sites for hydroxylation is 3. The maximum atomic E-state index is 13.5. The fourth-order valence-corrected chi connectivity index (χ4v) is 5.53. The second kappa shape index (κ2) is 10.2. The first-order valence-electron chi connectivity index (χ1n) is 11.2. The Hall–Kier alpha value is -3.23. The molecule has 7 nitrogen and oxygen atoms in total. The summed E-state index contributed by atoms with van der Waals surface area (Å²) >= 11 is 6.14. The van der Waals surface area contributed by atoms with Crippen LogP contribution in [0.3, 0.4) is 0 Å². The number of nitrogens with zero attached hydrogens (tertiary/aromatic N) is 1. The first-order valence-corrected chi connectivity index (χ1v) is 13.0. The molecule has 3 aromatic rings. The van der Waals surface area contributed by atoms with Crippen LogP contribution in [0.15, 0.2) is 65.6 Å². The maximum absolute atomic E-state index is 13.5. The Labute approximate surface area is 210 Å². The van der Waals surface area contributed by atoms with E-state index in [1.165, 1.54) is 10.4 Å². The molecule has 0 bridgehead atoms. The van der Waals surface area contributed by atoms with Crippen molar-refractivity contribution in [3.8, 4) is 11.5 Å². The normalized spacial score (nSPS) is 15.2. The Morgan fingerprint density at radius 3 is 2.40 bits per heavy atom. The van der Waals surface area contributed by atoms with Crippen molar-refractivity contribution in [2.24, 2.45) is 0 Å². The van der Waals surface area contributed by atoms with E-state index >= 15 is 0 Å². The van der Waals surface area contributed by atoms with E-state index < -0.39 is 22.0 Å². The summed E-state index contributed by atoms with van der Waals surface area (Å²) in [5.41, 5.74) is 3.41. The molecule has 1 N–H and O–H groups in total. The molecule has 3 aromatic carbocycles. The lowest BCUT2D eigenvalue weighted by molar-refractivity contribution is -0.127. The molecule has 0 spiro atoms. The van der Waals surface area contributed by atoms with Crippen LogP contribution in [0.25, 0.3) is 0 Å². The third-order valence-electron chi connectivity index (χ3n) is 5.56. The SMILES string of the molecule is Cc1ccc(S(=O)(=O)N2CC(C(=O)NCCOc3cc(C)cc(C)c3)Oc3ccc(Cl)cc32)cc1. The van der Waals surface area contributed by atoms with Gasteiger partial charge in [0.15, 0.2) is 6.10 Å². The fourth-order valence-electron chi connectivity index (χ4n) is 3.90. The van der Waals surface area contributed by atoms with Gasteiger partial charge >= 0.3 is 0 Å². The van der Waals surface area contributed by atoms with E-state index in [4.69, 9.17) is 21.1 Å². The molecule has 1 heterocycles. The Kier molecular flexibility index (Phi) is 7.23. The monoisotopic (exact) mass is 514 g/mol. The minimum absolute atomic E-state index is 0.122. The number of anilines is 1. The van der Waals surface area contributed by atoms with Gasteiger partial charge in [-0.05, 0) is 74.4 Å². The highest BCUT2D eigenvalue weighted by Crippen LogP contribution is 2.38. The van der Waals surface area contributed by atoms with E-state index in [0.717, 1.165) is 22.4 Å². The number of sulfonamides is 1. The number of ether oxygens (including phenoxy) is 2. The first kappa shape index (κ1) is 24.9. The molecule has 0 fully saturated rings. The topological polar surface area (TPSA) is 84.9 Å². The summed E-state index contributed by atoms with van der Waals surface area (Å²) in [4.78, 5) is 13.0. The summed E-state index contributed by atoms with van der Waals surface area (Å²) < 4.78 is 39.8. The standard InChI is InChI=1S/C26H27ClN2O5S/c1-17-4-7-22(8-5-17)35(31,32)29-16-25(34-24-9-6-20(27)15-23(24)29)26(30)28-10-11-33-21-13-18(2)12-19(3)14-21/h4-9,12-15,25H,10-11,16H2,1-3H3,(H,28,30). The average molecular weight is 515 g/mol. The van der Waals surface area contributed by atoms with E-state index in [0.29, 0.717) is 10.7 Å². The minimum Gasteiger partial charge on any atom is -0.492 e. The quantitative estimate of drug-likeness (QED) is 0.472. The van der Waals surface area contributed by atoms with Gasteiger partial charge in [0.05, 0.1) is 23.7 Å². The molecule has 1 unspecified atom stereocenters. The van der Waals surface area contributed by atoms with Crippen LogP contribution < -0.4 is 19.1 Å². The van der Waals surface area contributed by atoms with Gasteiger partial charge in [0.2, 0.25) is 0 Å². The van der Waals surface area contributed by atoms with Crippen molar-refractivity contribution in [2.75, 3.05) is 24.0 Å². The van der Waals surface area contributed by atoms with Gasteiger partial charge in [-0.3, -0.25) is 9.10 Å². The van der Waals surface area contributed by atoms with Crippen molar-refractivity contribution in [3.63, 3.8) is 0 Å². The summed E-state index contributed by atoms with van der Waals surface area (Å²) in [7, 11) is -3.95. The molecule has 35 heavy (non-hydrogen) atoms. The molecule has 0 aromatic heterocycles. The van der Waals surface area contributed by atoms with Crippen molar-refractivity contribution in [2.45, 2.75) is 31.8 Å². The number of amides is 1. The third-order valence-corrected chi connectivity index (χ3v) is 7.59. The van der Waals surface area contributed by atoms with Crippen LogP contribution in [0.4, 0.5) is 5.69 Å². The van der Waals surface area contributed by atoms with Crippen LogP contribution in [-0.2, 0) is 14.8 Å². The molecule has 0 radical (unpaired) electrons. The zero-order valence-electron chi connectivity index (χ0n) is 19.7. The summed E-state index contributed by atoms with van der Waals surface area (Å²) in [5.74, 6) is 0.563. The highest BCUT2D eigenvalue weighted by atomic mass is 35.5. The number of halogens is 1. The maximum Gasteiger partial charge on any atom is 0.264 e. The van der Waals surface area contributed by atoms with Crippen LogP contribution in [0.2, 0.25) is 5.02 Å². The van der Waals surface area contributed by atoms with Crippen LogP contribution in [0.5, 0.6) is 11.5 Å². The van der Waals surface area contributed by atoms with Crippen LogP contribution >= 0.6 is 11.6 Å². The average Bonchev–Trinajstić information content (AvgIpc) is 2.80. The van der Waals surface area contributed by atoms with Crippen molar-refractivity contribution in [1.82, 2.24) is 5.32 Å². The number of carbonyl (C=O) groups excluding carboxylic acids is 1. The molecule has 4 rings (SSSR count). The number of fused-ring (bicyclic) bond motifs is 1. The number of hydrogen-bond acceptors (Lipinski definition) is 5. The number of benzene rings is 3. The fraction of sp³-hybridized carbons (Fsp3) is 0.269. The number of rotatable bonds is 7. The molecule has 0 aliphatic carbocycles. The molecule has 1 atom stereocenters. The Morgan fingerprint density at radius 2 is 1.71 bits per heavy atom. The molecule has 9 heteroatoms. The van der Waals surface area contributed by atoms with Gasteiger partial charge in [-0.1, -0.05) is 35.4 Å². The van der Waals surface area contributed by atoms with Gasteiger partial charge in [-0.2, -0.15) is 0 Å². The first-order chi connectivity index (χ1) is 16.6. The van der Waals surface area contributed by atoms with Crippen molar-refractivity contribution in [1.29, 1.82) is 0 Å². The largest absolute Gasteiger partial charge is 0.492 e. The van der Waals surface area contributed by atoms with Crippen LogP contribution in [0.1, 0.15) is 16.7 Å². The van der Waals surface area contributed by atoms with Gasteiger partial charge in [0.1, 0.15) is 18.1 Å². The second-order valence-corrected chi connectivity index (χ2v) is 10.8. The summed E-state index contributed by atoms with van der Waals surface area (Å²) in [6.45, 7) is 6.17. The molecule has 0 saturated carbocycles. The minimum atomic E-state index is -3.95. The van der Waals surface area contributed by atoms with Crippen molar-refractivity contribution < 1.29 is 22.7 Å². The number of hydrogen-bond donors (Lipinski definition) is 1. The molecular formula is C26H27ClN2O5S. The Balaban J connectivity index is 1.48. The van der Waals surface area contributed by atoms with Gasteiger partial charge in [0.25, 0.3) is 15.9 Å². The summed E-state index contributed by atoms with van der Waals surface area (Å²) in [6, 6.07) is 17.1. The van der Waals surface area contributed by atoms with Gasteiger partial charge in [0, 0.05) is 5.02 Å². The predicted molar refractivity (Wildman–Crippen MR) is 136 cm³/mol. The van der Waals surface area contributed by atoms with E-state index in [1.54, 1.807) is 36.4 Å². The lowest BCUT2D eigenvalue weighted by Gasteiger charge is -2.34. The molecule has 1 amide bonds. The molecule has 1 aliphatic heterocycles. The van der Waals surface area contributed by atoms with E-state index in [1.807, 2.05) is 32.9 Å². The van der Waals surface area contributed by atoms with E-state index in [-0.39, 0.29) is 30.3 Å². The van der Waals surface area contributed by atoms with Crippen LogP contribution in [-0.4, -0.2) is 40.1 Å². The van der Waals surface area contributed by atoms with E-state index in [2.05, 4.69) is 11.4 Å². The van der Waals surface area contributed by atoms with Gasteiger partial charge < -0.3 is 14.8 Å². The highest BCUT2D eigenvalue weighted by molar-refractivity contribution is 7.92. The van der Waals surface area contributed by atoms with Crippen molar-refractivity contribution in [3.05, 3.63) is 82.4 Å². The molecular weight excluding hydrogens is 488 g/mol. The Morgan fingerprint density at radius 1 is 1.03 bits per heavy atom. The summed E-state index contributed by atoms with van der Waals surface area (Å²) in [6.07, 6.45) is -1.04. The van der Waals surface area contributed by atoms with E-state index in [9.17, 15) is 13.2 Å².